The SMILES string of the molecule is COC(=O)C1=C(C)N(c2ccc(C)cc2)C(=O)/C1=C\c1sccc1C. The molecule has 1 amide bonds. The number of carbonyl (C=O) groups excluding carboxylic acids is 2. The van der Waals surface area contributed by atoms with Crippen LogP contribution < -0.4 is 4.90 Å². The summed E-state index contributed by atoms with van der Waals surface area (Å²) in [6.07, 6.45) is 1.78. The number of benzene rings is 1. The minimum Gasteiger partial charge on any atom is -0.465 e. The molecule has 1 aliphatic rings. The molecule has 0 N–H and O–H groups in total. The highest BCUT2D eigenvalue weighted by atomic mass is 32.1. The second-order valence-corrected chi connectivity index (χ2v) is 6.90. The van der Waals surface area contributed by atoms with Crippen molar-refractivity contribution in [3.8, 4) is 0 Å². The maximum atomic E-state index is 13.1. The van der Waals surface area contributed by atoms with Crippen molar-refractivity contribution < 1.29 is 14.3 Å². The first-order valence-electron chi connectivity index (χ1n) is 7.90. The van der Waals surface area contributed by atoms with E-state index < -0.39 is 5.97 Å². The van der Waals surface area contributed by atoms with Gasteiger partial charge in [-0.25, -0.2) is 4.79 Å². The van der Waals surface area contributed by atoms with Gasteiger partial charge in [-0.3, -0.25) is 9.69 Å². The van der Waals surface area contributed by atoms with Gasteiger partial charge in [0.25, 0.3) is 5.91 Å². The third kappa shape index (κ3) is 3.03. The molecule has 1 aromatic heterocycles. The summed E-state index contributed by atoms with van der Waals surface area (Å²) in [4.78, 5) is 27.9. The molecule has 0 spiro atoms. The van der Waals surface area contributed by atoms with Gasteiger partial charge in [0.2, 0.25) is 0 Å². The Hall–Kier alpha value is -2.66. The highest BCUT2D eigenvalue weighted by Gasteiger charge is 2.38. The van der Waals surface area contributed by atoms with Crippen LogP contribution in [0.1, 0.15) is 22.9 Å². The second-order valence-electron chi connectivity index (χ2n) is 5.95. The quantitative estimate of drug-likeness (QED) is 0.612. The van der Waals surface area contributed by atoms with Crippen LogP contribution in [-0.2, 0) is 14.3 Å². The molecule has 5 heteroatoms. The first kappa shape index (κ1) is 17.2. The average molecular weight is 353 g/mol. The molecular weight excluding hydrogens is 334 g/mol. The summed E-state index contributed by atoms with van der Waals surface area (Å²) in [7, 11) is 1.33. The fraction of sp³-hybridized carbons (Fsp3) is 0.200. The van der Waals surface area contributed by atoms with Crippen LogP contribution in [0.5, 0.6) is 0 Å². The minimum absolute atomic E-state index is 0.213. The lowest BCUT2D eigenvalue weighted by molar-refractivity contribution is -0.136. The fourth-order valence-electron chi connectivity index (χ4n) is 2.85. The third-order valence-electron chi connectivity index (χ3n) is 4.26. The molecule has 0 saturated heterocycles. The summed E-state index contributed by atoms with van der Waals surface area (Å²) < 4.78 is 4.92. The van der Waals surface area contributed by atoms with Gasteiger partial charge in [-0.15, -0.1) is 11.3 Å². The Morgan fingerprint density at radius 3 is 2.36 bits per heavy atom. The van der Waals surface area contributed by atoms with Crippen molar-refractivity contribution in [3.05, 3.63) is 68.6 Å². The Kier molecular flexibility index (Phi) is 4.59. The van der Waals surface area contributed by atoms with Crippen LogP contribution in [0.15, 0.2) is 52.6 Å². The number of amides is 1. The zero-order chi connectivity index (χ0) is 18.1. The van der Waals surface area contributed by atoms with Crippen LogP contribution >= 0.6 is 11.3 Å². The predicted octanol–water partition coefficient (Wildman–Crippen LogP) is 4.24. The van der Waals surface area contributed by atoms with Gasteiger partial charge in [-0.05, 0) is 56.0 Å². The lowest BCUT2D eigenvalue weighted by atomic mass is 10.1. The summed E-state index contributed by atoms with van der Waals surface area (Å²) in [5, 5.41) is 1.97. The highest BCUT2D eigenvalue weighted by molar-refractivity contribution is 7.11. The minimum atomic E-state index is -0.499. The molecule has 0 fully saturated rings. The number of methoxy groups -OCH3 is 1. The van der Waals surface area contributed by atoms with Gasteiger partial charge in [0.1, 0.15) is 0 Å². The first-order valence-corrected chi connectivity index (χ1v) is 8.78. The molecule has 2 heterocycles. The number of thiophene rings is 1. The molecule has 0 aliphatic carbocycles. The topological polar surface area (TPSA) is 46.6 Å². The van der Waals surface area contributed by atoms with Gasteiger partial charge >= 0.3 is 5.97 Å². The Morgan fingerprint density at radius 2 is 1.80 bits per heavy atom. The summed E-state index contributed by atoms with van der Waals surface area (Å²) in [5.41, 5.74) is 4.19. The van der Waals surface area contributed by atoms with Gasteiger partial charge < -0.3 is 4.74 Å². The lowest BCUT2D eigenvalue weighted by Gasteiger charge is -2.18. The van der Waals surface area contributed by atoms with Crippen LogP contribution in [0.25, 0.3) is 6.08 Å². The number of anilines is 1. The number of nitrogens with zero attached hydrogens (tertiary/aromatic N) is 1. The monoisotopic (exact) mass is 353 g/mol. The zero-order valence-electron chi connectivity index (χ0n) is 14.6. The molecule has 1 aliphatic heterocycles. The summed E-state index contributed by atoms with van der Waals surface area (Å²) >= 11 is 1.54. The van der Waals surface area contributed by atoms with E-state index in [0.29, 0.717) is 16.8 Å². The number of carbonyl (C=O) groups is 2. The van der Waals surface area contributed by atoms with Crippen LogP contribution in [0.2, 0.25) is 0 Å². The molecule has 25 heavy (non-hydrogen) atoms. The van der Waals surface area contributed by atoms with Gasteiger partial charge in [-0.2, -0.15) is 0 Å². The molecule has 0 radical (unpaired) electrons. The highest BCUT2D eigenvalue weighted by Crippen LogP contribution is 2.36. The lowest BCUT2D eigenvalue weighted by Crippen LogP contribution is -2.24. The van der Waals surface area contributed by atoms with Gasteiger partial charge in [0.05, 0.1) is 18.3 Å². The van der Waals surface area contributed by atoms with E-state index in [4.69, 9.17) is 4.74 Å². The fourth-order valence-corrected chi connectivity index (χ4v) is 3.71. The molecule has 4 nitrogen and oxygen atoms in total. The largest absolute Gasteiger partial charge is 0.465 e. The van der Waals surface area contributed by atoms with Crippen molar-refractivity contribution in [1.82, 2.24) is 0 Å². The van der Waals surface area contributed by atoms with E-state index in [-0.39, 0.29) is 5.91 Å². The van der Waals surface area contributed by atoms with E-state index in [2.05, 4.69) is 0 Å². The molecule has 0 atom stereocenters. The average Bonchev–Trinajstić information content (AvgIpc) is 3.10. The predicted molar refractivity (Wildman–Crippen MR) is 100 cm³/mol. The molecule has 128 valence electrons. The van der Waals surface area contributed by atoms with Gasteiger partial charge in [-0.1, -0.05) is 17.7 Å². The van der Waals surface area contributed by atoms with E-state index in [1.54, 1.807) is 17.9 Å². The molecule has 0 bridgehead atoms. The summed E-state index contributed by atoms with van der Waals surface area (Å²) in [5.74, 6) is -0.713. The molecule has 2 aromatic rings. The second kappa shape index (κ2) is 6.69. The number of hydrogen-bond donors (Lipinski definition) is 0. The molecule has 1 aromatic carbocycles. The standard InChI is InChI=1S/C20H19NO3S/c1-12-5-7-15(8-6-12)21-14(3)18(20(23)24-4)16(19(21)22)11-17-13(2)9-10-25-17/h5-11H,1-4H3/b16-11-. The van der Waals surface area contributed by atoms with Gasteiger partial charge in [0.15, 0.2) is 0 Å². The Balaban J connectivity index is 2.14. The Labute approximate surface area is 151 Å². The first-order chi connectivity index (χ1) is 11.9. The molecule has 0 saturated carbocycles. The van der Waals surface area contributed by atoms with Crippen molar-refractivity contribution in [3.63, 3.8) is 0 Å². The van der Waals surface area contributed by atoms with Gasteiger partial charge in [0, 0.05) is 16.3 Å². The number of aryl methyl sites for hydroxylation is 2. The summed E-state index contributed by atoms with van der Waals surface area (Å²) in [6.45, 7) is 5.74. The van der Waals surface area contributed by atoms with Crippen LogP contribution in [-0.4, -0.2) is 19.0 Å². The van der Waals surface area contributed by atoms with Crippen LogP contribution in [0, 0.1) is 13.8 Å². The van der Waals surface area contributed by atoms with Crippen molar-refractivity contribution in [2.45, 2.75) is 20.8 Å². The van der Waals surface area contributed by atoms with E-state index in [1.165, 1.54) is 18.4 Å². The van der Waals surface area contributed by atoms with Crippen molar-refractivity contribution in [2.75, 3.05) is 12.0 Å². The van der Waals surface area contributed by atoms with Crippen LogP contribution in [0.3, 0.4) is 0 Å². The number of rotatable bonds is 3. The number of ether oxygens (including phenoxy) is 1. The third-order valence-corrected chi connectivity index (χ3v) is 5.22. The van der Waals surface area contributed by atoms with E-state index in [0.717, 1.165) is 21.7 Å². The number of allylic oxidation sites excluding steroid dienone is 1. The maximum absolute atomic E-state index is 13.1. The Morgan fingerprint density at radius 1 is 1.12 bits per heavy atom. The van der Waals surface area contributed by atoms with Crippen molar-refractivity contribution in [1.29, 1.82) is 0 Å². The Bertz CT molecular complexity index is 903. The molecule has 3 rings (SSSR count). The number of esters is 1. The smallest absolute Gasteiger partial charge is 0.340 e. The van der Waals surface area contributed by atoms with E-state index in [9.17, 15) is 9.59 Å². The molecule has 0 unspecified atom stereocenters. The van der Waals surface area contributed by atoms with Crippen molar-refractivity contribution >= 4 is 35.0 Å². The summed E-state index contributed by atoms with van der Waals surface area (Å²) in [6, 6.07) is 9.64. The maximum Gasteiger partial charge on any atom is 0.340 e. The van der Waals surface area contributed by atoms with Crippen LogP contribution in [0.4, 0.5) is 5.69 Å². The van der Waals surface area contributed by atoms with E-state index >= 15 is 0 Å². The van der Waals surface area contributed by atoms with E-state index in [1.807, 2.05) is 49.6 Å². The normalized spacial score (nSPS) is 16.1. The zero-order valence-corrected chi connectivity index (χ0v) is 15.4. The number of hydrogen-bond acceptors (Lipinski definition) is 4. The van der Waals surface area contributed by atoms with Crippen molar-refractivity contribution in [2.24, 2.45) is 0 Å². The molecular formula is C20H19NO3S.